The van der Waals surface area contributed by atoms with Crippen LogP contribution in [0.2, 0.25) is 0 Å². The van der Waals surface area contributed by atoms with Gasteiger partial charge in [0.25, 0.3) is 0 Å². The third kappa shape index (κ3) is 3.43. The first-order valence-corrected chi connectivity index (χ1v) is 9.35. The molecule has 132 valence electrons. The number of oxazole rings is 1. The van der Waals surface area contributed by atoms with Crippen LogP contribution in [-0.4, -0.2) is 10.1 Å². The van der Waals surface area contributed by atoms with Gasteiger partial charge in [0.2, 0.25) is 5.89 Å². The van der Waals surface area contributed by atoms with Gasteiger partial charge < -0.3 is 9.52 Å². The Labute approximate surface area is 153 Å². The summed E-state index contributed by atoms with van der Waals surface area (Å²) < 4.78 is 5.96. The van der Waals surface area contributed by atoms with Crippen LogP contribution >= 0.6 is 0 Å². The zero-order chi connectivity index (χ0) is 17.9. The van der Waals surface area contributed by atoms with Gasteiger partial charge in [0.05, 0.1) is 0 Å². The van der Waals surface area contributed by atoms with Crippen LogP contribution in [0.25, 0.3) is 33.3 Å². The molecule has 1 aromatic heterocycles. The van der Waals surface area contributed by atoms with E-state index in [0.29, 0.717) is 5.89 Å². The van der Waals surface area contributed by atoms with Crippen molar-refractivity contribution in [3.8, 4) is 17.2 Å². The average Bonchev–Trinajstić information content (AvgIpc) is 3.08. The largest absolute Gasteiger partial charge is 0.508 e. The third-order valence-electron chi connectivity index (χ3n) is 4.84. The molecule has 3 heteroatoms. The summed E-state index contributed by atoms with van der Waals surface area (Å²) in [7, 11) is 0. The molecule has 0 saturated heterocycles. The average molecular weight is 345 g/mol. The summed E-state index contributed by atoms with van der Waals surface area (Å²) in [4.78, 5) is 4.70. The van der Waals surface area contributed by atoms with Crippen molar-refractivity contribution in [3.05, 3.63) is 60.2 Å². The number of unbranched alkanes of at least 4 members (excludes halogenated alkanes) is 3. The molecule has 0 saturated carbocycles. The lowest BCUT2D eigenvalue weighted by atomic mass is 10.1. The zero-order valence-electron chi connectivity index (χ0n) is 15.0. The van der Waals surface area contributed by atoms with Gasteiger partial charge in [-0.2, -0.15) is 0 Å². The van der Waals surface area contributed by atoms with E-state index in [1.807, 2.05) is 30.3 Å². The maximum absolute atomic E-state index is 9.60. The van der Waals surface area contributed by atoms with Crippen LogP contribution in [0.3, 0.4) is 0 Å². The van der Waals surface area contributed by atoms with Crippen molar-refractivity contribution >= 4 is 21.9 Å². The lowest BCUT2D eigenvalue weighted by Gasteiger charge is -2.01. The van der Waals surface area contributed by atoms with Gasteiger partial charge in [-0.05, 0) is 65.6 Å². The molecule has 0 aliphatic rings. The van der Waals surface area contributed by atoms with Crippen LogP contribution in [0.1, 0.15) is 38.2 Å². The number of hydrogen-bond acceptors (Lipinski definition) is 3. The number of hydrogen-bond donors (Lipinski definition) is 1. The van der Waals surface area contributed by atoms with E-state index >= 15 is 0 Å². The first-order valence-electron chi connectivity index (χ1n) is 9.35. The standard InChI is InChI=1S/C23H23NO2/c1-2-3-4-5-6-16-7-12-22-21(13-16)24-23(26-22)19-9-8-18-15-20(25)11-10-17(18)14-19/h7-15,25H,2-6H2,1H3. The molecule has 1 N–H and O–H groups in total. The van der Waals surface area contributed by atoms with Gasteiger partial charge in [-0.1, -0.05) is 44.4 Å². The Morgan fingerprint density at radius 1 is 0.885 bits per heavy atom. The van der Waals surface area contributed by atoms with Crippen molar-refractivity contribution in [2.75, 3.05) is 0 Å². The Morgan fingerprint density at radius 2 is 1.73 bits per heavy atom. The van der Waals surface area contributed by atoms with Crippen molar-refractivity contribution in [2.45, 2.75) is 39.0 Å². The molecule has 0 spiro atoms. The summed E-state index contributed by atoms with van der Waals surface area (Å²) in [5.41, 5.74) is 4.01. The molecule has 0 unspecified atom stereocenters. The summed E-state index contributed by atoms with van der Waals surface area (Å²) in [6.07, 6.45) is 6.16. The fourth-order valence-electron chi connectivity index (χ4n) is 3.37. The molecule has 4 aromatic rings. The number of benzene rings is 3. The molecular weight excluding hydrogens is 322 g/mol. The highest BCUT2D eigenvalue weighted by Crippen LogP contribution is 2.29. The van der Waals surface area contributed by atoms with Gasteiger partial charge in [0, 0.05) is 5.56 Å². The topological polar surface area (TPSA) is 46.3 Å². The van der Waals surface area contributed by atoms with Crippen LogP contribution in [-0.2, 0) is 6.42 Å². The number of aromatic nitrogens is 1. The van der Waals surface area contributed by atoms with Crippen LogP contribution < -0.4 is 0 Å². The van der Waals surface area contributed by atoms with E-state index in [2.05, 4.69) is 19.1 Å². The first kappa shape index (κ1) is 16.6. The number of nitrogens with zero attached hydrogens (tertiary/aromatic N) is 1. The van der Waals surface area contributed by atoms with Gasteiger partial charge in [-0.25, -0.2) is 4.98 Å². The van der Waals surface area contributed by atoms with Crippen LogP contribution in [0, 0.1) is 0 Å². The molecule has 3 nitrogen and oxygen atoms in total. The Morgan fingerprint density at radius 3 is 2.62 bits per heavy atom. The van der Waals surface area contributed by atoms with E-state index in [0.717, 1.165) is 33.9 Å². The normalized spacial score (nSPS) is 11.4. The molecule has 0 amide bonds. The van der Waals surface area contributed by atoms with Crippen molar-refractivity contribution in [3.63, 3.8) is 0 Å². The Balaban J connectivity index is 1.61. The smallest absolute Gasteiger partial charge is 0.227 e. The highest BCUT2D eigenvalue weighted by Gasteiger charge is 2.10. The predicted molar refractivity (Wildman–Crippen MR) is 106 cm³/mol. The van der Waals surface area contributed by atoms with E-state index in [9.17, 15) is 5.11 Å². The van der Waals surface area contributed by atoms with E-state index in [4.69, 9.17) is 9.40 Å². The minimum absolute atomic E-state index is 0.276. The van der Waals surface area contributed by atoms with Crippen LogP contribution in [0.4, 0.5) is 0 Å². The highest BCUT2D eigenvalue weighted by molar-refractivity contribution is 5.88. The molecule has 0 radical (unpaired) electrons. The molecule has 0 aliphatic heterocycles. The summed E-state index contributed by atoms with van der Waals surface area (Å²) >= 11 is 0. The van der Waals surface area contributed by atoms with Gasteiger partial charge in [-0.15, -0.1) is 0 Å². The molecule has 1 heterocycles. The third-order valence-corrected chi connectivity index (χ3v) is 4.84. The molecule has 26 heavy (non-hydrogen) atoms. The summed E-state index contributed by atoms with van der Waals surface area (Å²) in [5.74, 6) is 0.914. The maximum atomic E-state index is 9.60. The van der Waals surface area contributed by atoms with Gasteiger partial charge >= 0.3 is 0 Å². The van der Waals surface area contributed by atoms with E-state index < -0.39 is 0 Å². The molecule has 0 atom stereocenters. The van der Waals surface area contributed by atoms with Gasteiger partial charge in [0.15, 0.2) is 5.58 Å². The maximum Gasteiger partial charge on any atom is 0.227 e. The fourth-order valence-corrected chi connectivity index (χ4v) is 3.37. The molecule has 4 rings (SSSR count). The van der Waals surface area contributed by atoms with Gasteiger partial charge in [0.1, 0.15) is 11.3 Å². The lowest BCUT2D eigenvalue weighted by molar-refractivity contribution is 0.476. The van der Waals surface area contributed by atoms with Crippen molar-refractivity contribution in [1.82, 2.24) is 4.98 Å². The van der Waals surface area contributed by atoms with Gasteiger partial charge in [-0.3, -0.25) is 0 Å². The minimum Gasteiger partial charge on any atom is -0.508 e. The predicted octanol–water partition coefficient (Wildman–Crippen LogP) is 6.48. The van der Waals surface area contributed by atoms with E-state index in [1.165, 1.54) is 31.2 Å². The Kier molecular flexibility index (Phi) is 4.61. The second-order valence-electron chi connectivity index (χ2n) is 6.88. The van der Waals surface area contributed by atoms with Crippen molar-refractivity contribution < 1.29 is 9.52 Å². The van der Waals surface area contributed by atoms with Crippen molar-refractivity contribution in [2.24, 2.45) is 0 Å². The van der Waals surface area contributed by atoms with Crippen LogP contribution in [0.15, 0.2) is 59.0 Å². The SMILES string of the molecule is CCCCCCc1ccc2oc(-c3ccc4cc(O)ccc4c3)nc2c1. The number of fused-ring (bicyclic) bond motifs is 2. The summed E-state index contributed by atoms with van der Waals surface area (Å²) in [5, 5.41) is 11.7. The number of aromatic hydroxyl groups is 1. The van der Waals surface area contributed by atoms with Crippen molar-refractivity contribution in [1.29, 1.82) is 0 Å². The fraction of sp³-hybridized carbons (Fsp3) is 0.261. The van der Waals surface area contributed by atoms with E-state index in [1.54, 1.807) is 12.1 Å². The van der Waals surface area contributed by atoms with E-state index in [-0.39, 0.29) is 5.75 Å². The second-order valence-corrected chi connectivity index (χ2v) is 6.88. The Bertz CT molecular complexity index is 1050. The number of phenols is 1. The molecular formula is C23H23NO2. The minimum atomic E-state index is 0.276. The Hall–Kier alpha value is -2.81. The molecule has 0 fully saturated rings. The molecule has 0 aliphatic carbocycles. The highest BCUT2D eigenvalue weighted by atomic mass is 16.3. The molecule has 3 aromatic carbocycles. The lowest BCUT2D eigenvalue weighted by Crippen LogP contribution is -1.85. The zero-order valence-corrected chi connectivity index (χ0v) is 15.0. The van der Waals surface area contributed by atoms with Crippen LogP contribution in [0.5, 0.6) is 5.75 Å². The first-order chi connectivity index (χ1) is 12.7. The molecule has 0 bridgehead atoms. The quantitative estimate of drug-likeness (QED) is 0.407. The second kappa shape index (κ2) is 7.20. The number of aryl methyl sites for hydroxylation is 1. The summed E-state index contributed by atoms with van der Waals surface area (Å²) in [6, 6.07) is 17.7. The summed E-state index contributed by atoms with van der Waals surface area (Å²) in [6.45, 7) is 2.23. The monoisotopic (exact) mass is 345 g/mol. The number of phenolic OH excluding ortho intramolecular Hbond substituents is 1. The number of rotatable bonds is 6.